The number of nitrogens with zero attached hydrogens (tertiary/aromatic N) is 1. The van der Waals surface area contributed by atoms with Crippen LogP contribution in [0, 0.1) is 5.41 Å². The second kappa shape index (κ2) is 6.46. The number of alkyl halides is 3. The summed E-state index contributed by atoms with van der Waals surface area (Å²) in [5.41, 5.74) is 1.60. The first-order chi connectivity index (χ1) is 12.1. The Labute approximate surface area is 149 Å². The molecule has 7 heteroatoms. The van der Waals surface area contributed by atoms with E-state index in [4.69, 9.17) is 4.74 Å². The van der Waals surface area contributed by atoms with E-state index < -0.39 is 23.5 Å². The van der Waals surface area contributed by atoms with E-state index in [0.29, 0.717) is 23.1 Å². The number of hydrazine groups is 1. The van der Waals surface area contributed by atoms with E-state index >= 15 is 0 Å². The van der Waals surface area contributed by atoms with E-state index in [9.17, 15) is 18.0 Å². The number of amides is 1. The summed E-state index contributed by atoms with van der Waals surface area (Å²) < 4.78 is 47.5. The summed E-state index contributed by atoms with van der Waals surface area (Å²) in [5.74, 6) is 0.126. The fourth-order valence-corrected chi connectivity index (χ4v) is 3.31. The van der Waals surface area contributed by atoms with Crippen LogP contribution in [-0.4, -0.2) is 30.2 Å². The van der Waals surface area contributed by atoms with Crippen molar-refractivity contribution in [2.75, 3.05) is 13.2 Å². The first-order valence-corrected chi connectivity index (χ1v) is 8.44. The molecule has 2 aromatic carbocycles. The summed E-state index contributed by atoms with van der Waals surface area (Å²) in [6.45, 7) is 5.47. The van der Waals surface area contributed by atoms with E-state index in [0.717, 1.165) is 5.01 Å². The Morgan fingerprint density at radius 2 is 1.85 bits per heavy atom. The van der Waals surface area contributed by atoms with Gasteiger partial charge in [0.15, 0.2) is 6.04 Å². The Morgan fingerprint density at radius 3 is 2.38 bits per heavy atom. The molecule has 0 radical (unpaired) electrons. The van der Waals surface area contributed by atoms with Gasteiger partial charge in [-0.1, -0.05) is 30.3 Å². The van der Waals surface area contributed by atoms with Gasteiger partial charge in [-0.3, -0.25) is 10.2 Å². The maximum absolute atomic E-state index is 14.0. The lowest BCUT2D eigenvalue weighted by Crippen LogP contribution is -2.43. The smallest absolute Gasteiger partial charge is 0.409 e. The Morgan fingerprint density at radius 1 is 1.19 bits per heavy atom. The molecule has 1 fully saturated rings. The molecule has 1 N–H and O–H groups in total. The molecule has 1 heterocycles. The van der Waals surface area contributed by atoms with Crippen LogP contribution < -0.4 is 10.2 Å². The van der Waals surface area contributed by atoms with Crippen LogP contribution in [0.3, 0.4) is 0 Å². The first kappa shape index (κ1) is 18.5. The number of ether oxygens (including phenoxy) is 1. The topological polar surface area (TPSA) is 41.6 Å². The van der Waals surface area contributed by atoms with Crippen molar-refractivity contribution in [1.82, 2.24) is 10.4 Å². The summed E-state index contributed by atoms with van der Waals surface area (Å²) in [4.78, 5) is 12.0. The van der Waals surface area contributed by atoms with Gasteiger partial charge in [0.2, 0.25) is 5.91 Å². The molecule has 0 saturated carbocycles. The van der Waals surface area contributed by atoms with Gasteiger partial charge in [0.25, 0.3) is 0 Å². The number of fused-ring (bicyclic) bond motifs is 1. The zero-order chi connectivity index (χ0) is 19.1. The number of halogens is 3. The van der Waals surface area contributed by atoms with Gasteiger partial charge in [-0.2, -0.15) is 13.2 Å². The fraction of sp³-hybridized carbons (Fsp3) is 0.421. The summed E-state index contributed by atoms with van der Waals surface area (Å²) in [5, 5.41) is 2.07. The number of hydrogen-bond donors (Lipinski definition) is 1. The fourth-order valence-electron chi connectivity index (χ4n) is 3.31. The third kappa shape index (κ3) is 3.23. The monoisotopic (exact) mass is 366 g/mol. The largest absolute Gasteiger partial charge is 0.493 e. The van der Waals surface area contributed by atoms with Gasteiger partial charge in [0.1, 0.15) is 5.75 Å². The Balaban J connectivity index is 2.15. The molecule has 26 heavy (non-hydrogen) atoms. The van der Waals surface area contributed by atoms with Crippen molar-refractivity contribution in [3.8, 4) is 5.75 Å². The van der Waals surface area contributed by atoms with Gasteiger partial charge in [-0.15, -0.1) is 0 Å². The lowest BCUT2D eigenvalue weighted by Gasteiger charge is -2.31. The third-order valence-electron chi connectivity index (χ3n) is 4.56. The average Bonchev–Trinajstić information content (AvgIpc) is 2.81. The van der Waals surface area contributed by atoms with Gasteiger partial charge in [-0.25, -0.2) is 5.01 Å². The summed E-state index contributed by atoms with van der Waals surface area (Å²) >= 11 is 0. The highest BCUT2D eigenvalue weighted by atomic mass is 19.4. The van der Waals surface area contributed by atoms with Crippen LogP contribution in [0.5, 0.6) is 5.75 Å². The Kier molecular flexibility index (Phi) is 4.60. The van der Waals surface area contributed by atoms with Crippen LogP contribution >= 0.6 is 0 Å². The average molecular weight is 366 g/mol. The third-order valence-corrected chi connectivity index (χ3v) is 4.56. The van der Waals surface area contributed by atoms with Crippen molar-refractivity contribution in [3.63, 3.8) is 0 Å². The lowest BCUT2D eigenvalue weighted by atomic mass is 9.93. The highest BCUT2D eigenvalue weighted by Gasteiger charge is 2.51. The minimum absolute atomic E-state index is 0.0302. The minimum atomic E-state index is -4.55. The molecule has 3 rings (SSSR count). The molecule has 140 valence electrons. The van der Waals surface area contributed by atoms with Crippen molar-refractivity contribution in [3.05, 3.63) is 42.0 Å². The van der Waals surface area contributed by atoms with Gasteiger partial charge >= 0.3 is 6.18 Å². The molecule has 1 unspecified atom stereocenters. The van der Waals surface area contributed by atoms with Gasteiger partial charge < -0.3 is 4.74 Å². The molecule has 1 atom stereocenters. The standard InChI is InChI=1S/C19H21F3N2O2/c1-4-26-15-10-9-14(12-7-5-6-8-13(12)15)16(19(20,21)22)24-11-18(2,3)17(25)23-24/h5-10,16H,4,11H2,1-3H3,(H,23,25). The van der Waals surface area contributed by atoms with Crippen molar-refractivity contribution in [1.29, 1.82) is 0 Å². The molecule has 0 aromatic heterocycles. The van der Waals surface area contributed by atoms with Crippen LogP contribution in [0.15, 0.2) is 36.4 Å². The van der Waals surface area contributed by atoms with E-state index in [-0.39, 0.29) is 12.1 Å². The summed E-state index contributed by atoms with van der Waals surface area (Å²) in [6.07, 6.45) is -4.55. The molecule has 0 aliphatic carbocycles. The van der Waals surface area contributed by atoms with Gasteiger partial charge in [0, 0.05) is 11.9 Å². The SMILES string of the molecule is CCOc1ccc(C(N2CC(C)(C)C(=O)N2)C(F)(F)F)c2ccccc12. The number of carbonyl (C=O) groups is 1. The molecular weight excluding hydrogens is 345 g/mol. The second-order valence-corrected chi connectivity index (χ2v) is 7.03. The zero-order valence-electron chi connectivity index (χ0n) is 14.9. The molecule has 1 amide bonds. The molecule has 0 bridgehead atoms. The molecular formula is C19H21F3N2O2. The molecule has 1 aliphatic rings. The molecule has 4 nitrogen and oxygen atoms in total. The normalized spacial score (nSPS) is 18.8. The minimum Gasteiger partial charge on any atom is -0.493 e. The molecule has 1 saturated heterocycles. The number of nitrogens with one attached hydrogen (secondary N) is 1. The Hall–Kier alpha value is -2.28. The van der Waals surface area contributed by atoms with Gasteiger partial charge in [-0.05, 0) is 37.8 Å². The van der Waals surface area contributed by atoms with Crippen molar-refractivity contribution < 1.29 is 22.7 Å². The van der Waals surface area contributed by atoms with Crippen LogP contribution in [0.1, 0.15) is 32.4 Å². The van der Waals surface area contributed by atoms with E-state index in [2.05, 4.69) is 5.43 Å². The molecule has 0 spiro atoms. The van der Waals surface area contributed by atoms with E-state index in [1.54, 1.807) is 44.2 Å². The highest BCUT2D eigenvalue weighted by molar-refractivity contribution is 5.91. The van der Waals surface area contributed by atoms with Crippen LogP contribution in [-0.2, 0) is 4.79 Å². The van der Waals surface area contributed by atoms with Crippen LogP contribution in [0.2, 0.25) is 0 Å². The first-order valence-electron chi connectivity index (χ1n) is 8.44. The van der Waals surface area contributed by atoms with Crippen molar-refractivity contribution in [2.45, 2.75) is 33.0 Å². The molecule has 2 aromatic rings. The zero-order valence-corrected chi connectivity index (χ0v) is 14.9. The maximum Gasteiger partial charge on any atom is 0.409 e. The quantitative estimate of drug-likeness (QED) is 0.881. The number of rotatable bonds is 4. The number of benzene rings is 2. The summed E-state index contributed by atoms with van der Waals surface area (Å²) in [7, 11) is 0. The maximum atomic E-state index is 14.0. The van der Waals surface area contributed by atoms with E-state index in [1.165, 1.54) is 6.07 Å². The molecule has 1 aliphatic heterocycles. The van der Waals surface area contributed by atoms with Gasteiger partial charge in [0.05, 0.1) is 12.0 Å². The van der Waals surface area contributed by atoms with Crippen molar-refractivity contribution >= 4 is 16.7 Å². The number of hydrogen-bond acceptors (Lipinski definition) is 3. The predicted molar refractivity (Wildman–Crippen MR) is 92.5 cm³/mol. The van der Waals surface area contributed by atoms with Crippen LogP contribution in [0.4, 0.5) is 13.2 Å². The van der Waals surface area contributed by atoms with Crippen LogP contribution in [0.25, 0.3) is 10.8 Å². The highest BCUT2D eigenvalue weighted by Crippen LogP contribution is 2.44. The van der Waals surface area contributed by atoms with E-state index in [1.807, 2.05) is 6.92 Å². The number of carbonyl (C=O) groups excluding carboxylic acids is 1. The predicted octanol–water partition coefficient (Wildman–Crippen LogP) is 4.21. The van der Waals surface area contributed by atoms with Crippen molar-refractivity contribution in [2.24, 2.45) is 5.41 Å². The lowest BCUT2D eigenvalue weighted by molar-refractivity contribution is -0.191. The second-order valence-electron chi connectivity index (χ2n) is 7.03. The Bertz CT molecular complexity index is 833. The summed E-state index contributed by atoms with van der Waals surface area (Å²) in [6, 6.07) is 7.90.